The Labute approximate surface area is 46.6 Å². The Hall–Kier alpha value is -0.260. The highest BCUT2D eigenvalue weighted by molar-refractivity contribution is 6.22. The van der Waals surface area contributed by atoms with Gasteiger partial charge in [-0.2, -0.15) is 5.26 Å². The average Bonchev–Trinajstić information content (AvgIpc) is 2.44. The summed E-state index contributed by atoms with van der Waals surface area (Å²) >= 11 is 5.38. The van der Waals surface area contributed by atoms with Crippen LogP contribution in [0.5, 0.6) is 0 Å². The van der Waals surface area contributed by atoms with Crippen molar-refractivity contribution >= 4 is 11.6 Å². The second kappa shape index (κ2) is 1.69. The fourth-order valence-electron chi connectivity index (χ4n) is 0.308. The van der Waals surface area contributed by atoms with E-state index >= 15 is 0 Å². The molecule has 1 saturated heterocycles. The van der Waals surface area contributed by atoms with Gasteiger partial charge in [-0.15, -0.1) is 11.6 Å². The van der Waals surface area contributed by atoms with Crippen LogP contribution in [0.1, 0.15) is 0 Å². The van der Waals surface area contributed by atoms with Gasteiger partial charge in [0.1, 0.15) is 11.5 Å². The second-order valence-electron chi connectivity index (χ2n) is 1.40. The van der Waals surface area contributed by atoms with E-state index in [9.17, 15) is 0 Å². The van der Waals surface area contributed by atoms with Crippen molar-refractivity contribution in [3.05, 3.63) is 0 Å². The van der Waals surface area contributed by atoms with Gasteiger partial charge < -0.3 is 4.74 Å². The fourth-order valence-corrected chi connectivity index (χ4v) is 0.453. The molecule has 0 bridgehead atoms. The molecule has 0 saturated carbocycles. The van der Waals surface area contributed by atoms with Crippen molar-refractivity contribution in [2.45, 2.75) is 11.5 Å². The summed E-state index contributed by atoms with van der Waals surface area (Å²) < 4.78 is 4.71. The molecule has 0 aromatic carbocycles. The predicted molar refractivity (Wildman–Crippen MR) is 25.0 cm³/mol. The number of ether oxygens (including phenoxy) is 1. The van der Waals surface area contributed by atoms with Crippen molar-refractivity contribution in [2.24, 2.45) is 0 Å². The lowest BCUT2D eigenvalue weighted by Crippen LogP contribution is -2.01. The smallest absolute Gasteiger partial charge is 0.148 e. The molecule has 1 fully saturated rings. The van der Waals surface area contributed by atoms with Gasteiger partial charge >= 0.3 is 0 Å². The first-order valence-electron chi connectivity index (χ1n) is 2.00. The Kier molecular flexibility index (Phi) is 1.18. The van der Waals surface area contributed by atoms with E-state index in [1.165, 1.54) is 0 Å². The third-order valence-corrected chi connectivity index (χ3v) is 1.19. The number of hydrogen-bond donors (Lipinski definition) is 0. The molecule has 0 spiro atoms. The van der Waals surface area contributed by atoms with Crippen LogP contribution >= 0.6 is 11.6 Å². The highest BCUT2D eigenvalue weighted by Crippen LogP contribution is 2.17. The lowest BCUT2D eigenvalue weighted by molar-refractivity contribution is 0.414. The Morgan fingerprint density at radius 3 is 2.71 bits per heavy atom. The van der Waals surface area contributed by atoms with Gasteiger partial charge in [-0.3, -0.25) is 0 Å². The maximum atomic E-state index is 8.08. The van der Waals surface area contributed by atoms with Gasteiger partial charge in [0.25, 0.3) is 0 Å². The van der Waals surface area contributed by atoms with Gasteiger partial charge in [-0.1, -0.05) is 0 Å². The summed E-state index contributed by atoms with van der Waals surface area (Å²) in [6.07, 6.45) is 0.0201. The molecule has 0 aromatic rings. The van der Waals surface area contributed by atoms with Crippen molar-refractivity contribution in [3.8, 4) is 6.07 Å². The summed E-state index contributed by atoms with van der Waals surface area (Å²) in [4.78, 5) is 0. The molecular weight excluding hydrogens is 114 g/mol. The lowest BCUT2D eigenvalue weighted by atomic mass is 10.4. The number of halogens is 1. The third kappa shape index (κ3) is 1.05. The minimum atomic E-state index is -0.431. The molecule has 2 atom stereocenters. The molecular formula is C4H4ClNO. The van der Waals surface area contributed by atoms with E-state index in [0.717, 1.165) is 0 Å². The predicted octanol–water partition coefficient (Wildman–Crippen LogP) is 0.516. The molecule has 0 unspecified atom stereocenters. The van der Waals surface area contributed by atoms with Crippen LogP contribution in [0.2, 0.25) is 0 Å². The van der Waals surface area contributed by atoms with E-state index in [4.69, 9.17) is 21.6 Å². The van der Waals surface area contributed by atoms with E-state index in [0.29, 0.717) is 6.61 Å². The van der Waals surface area contributed by atoms with Crippen LogP contribution in [0.4, 0.5) is 0 Å². The topological polar surface area (TPSA) is 36.3 Å². The first-order valence-corrected chi connectivity index (χ1v) is 2.43. The van der Waals surface area contributed by atoms with E-state index in [-0.39, 0.29) is 6.10 Å². The highest BCUT2D eigenvalue weighted by atomic mass is 35.5. The number of nitrogens with zero attached hydrogens (tertiary/aromatic N) is 1. The normalized spacial score (nSPS) is 31.1. The molecule has 0 N–H and O–H groups in total. The lowest BCUT2D eigenvalue weighted by Gasteiger charge is -1.84. The molecule has 38 valence electrons. The van der Waals surface area contributed by atoms with Crippen LogP contribution in [-0.2, 0) is 4.74 Å². The van der Waals surface area contributed by atoms with Crippen LogP contribution in [-0.4, -0.2) is 18.1 Å². The van der Waals surface area contributed by atoms with Gasteiger partial charge in [-0.05, 0) is 0 Å². The first-order chi connectivity index (χ1) is 3.34. The number of epoxide rings is 1. The van der Waals surface area contributed by atoms with Gasteiger partial charge in [-0.25, -0.2) is 0 Å². The third-order valence-electron chi connectivity index (χ3n) is 0.809. The number of alkyl halides is 1. The molecule has 3 heteroatoms. The fraction of sp³-hybridized carbons (Fsp3) is 0.750. The molecule has 1 rings (SSSR count). The molecule has 0 aromatic heterocycles. The molecule has 1 aliphatic heterocycles. The van der Waals surface area contributed by atoms with E-state index in [2.05, 4.69) is 0 Å². The second-order valence-corrected chi connectivity index (χ2v) is 1.87. The molecule has 1 aliphatic rings. The van der Waals surface area contributed by atoms with Gasteiger partial charge in [0.15, 0.2) is 0 Å². The van der Waals surface area contributed by atoms with Crippen molar-refractivity contribution < 1.29 is 4.74 Å². The van der Waals surface area contributed by atoms with Crippen LogP contribution in [0.25, 0.3) is 0 Å². The molecule has 0 amide bonds. The summed E-state index contributed by atoms with van der Waals surface area (Å²) in [5.74, 6) is 0. The SMILES string of the molecule is N#C[C@H](Cl)[C@@H]1CO1. The molecule has 0 aliphatic carbocycles. The Balaban J connectivity index is 2.27. The van der Waals surface area contributed by atoms with E-state index in [1.54, 1.807) is 0 Å². The standard InChI is InChI=1S/C4H4ClNO/c5-3(1-6)4-2-7-4/h3-4H,2H2/t3-,4-/m0/s1. The summed E-state index contributed by atoms with van der Waals surface area (Å²) in [6, 6.07) is 1.87. The zero-order valence-electron chi connectivity index (χ0n) is 3.60. The summed E-state index contributed by atoms with van der Waals surface area (Å²) in [5, 5.41) is 7.65. The van der Waals surface area contributed by atoms with Gasteiger partial charge in [0.2, 0.25) is 0 Å². The van der Waals surface area contributed by atoms with Crippen LogP contribution in [0.15, 0.2) is 0 Å². The van der Waals surface area contributed by atoms with Gasteiger partial charge in [0.05, 0.1) is 12.7 Å². The minimum Gasteiger partial charge on any atom is -0.370 e. The maximum Gasteiger partial charge on any atom is 0.148 e. The Morgan fingerprint density at radius 1 is 2.00 bits per heavy atom. The van der Waals surface area contributed by atoms with Crippen molar-refractivity contribution in [1.29, 1.82) is 5.26 Å². The average molecular weight is 118 g/mol. The van der Waals surface area contributed by atoms with Gasteiger partial charge in [0, 0.05) is 0 Å². The number of hydrogen-bond acceptors (Lipinski definition) is 2. The minimum absolute atomic E-state index is 0.0201. The first kappa shape index (κ1) is 4.89. The van der Waals surface area contributed by atoms with Crippen LogP contribution < -0.4 is 0 Å². The summed E-state index contributed by atoms with van der Waals surface area (Å²) in [6.45, 7) is 0.654. The number of rotatable bonds is 1. The Morgan fingerprint density at radius 2 is 2.57 bits per heavy atom. The Bertz CT molecular complexity index is 105. The zero-order chi connectivity index (χ0) is 5.28. The monoisotopic (exact) mass is 117 g/mol. The van der Waals surface area contributed by atoms with E-state index in [1.807, 2.05) is 6.07 Å². The maximum absolute atomic E-state index is 8.08. The quantitative estimate of drug-likeness (QED) is 0.371. The van der Waals surface area contributed by atoms with Crippen LogP contribution in [0, 0.1) is 11.3 Å². The van der Waals surface area contributed by atoms with E-state index < -0.39 is 5.38 Å². The molecule has 7 heavy (non-hydrogen) atoms. The molecule has 0 radical (unpaired) electrons. The van der Waals surface area contributed by atoms with Crippen molar-refractivity contribution in [2.75, 3.05) is 6.61 Å². The van der Waals surface area contributed by atoms with Crippen LogP contribution in [0.3, 0.4) is 0 Å². The summed E-state index contributed by atoms with van der Waals surface area (Å²) in [5.41, 5.74) is 0. The molecule has 1 heterocycles. The summed E-state index contributed by atoms with van der Waals surface area (Å²) in [7, 11) is 0. The number of nitriles is 1. The highest BCUT2D eigenvalue weighted by Gasteiger charge is 2.30. The molecule has 2 nitrogen and oxygen atoms in total. The zero-order valence-corrected chi connectivity index (χ0v) is 4.35. The van der Waals surface area contributed by atoms with Crippen molar-refractivity contribution in [1.82, 2.24) is 0 Å². The largest absolute Gasteiger partial charge is 0.370 e. The van der Waals surface area contributed by atoms with Crippen molar-refractivity contribution in [3.63, 3.8) is 0 Å².